The van der Waals surface area contributed by atoms with Crippen LogP contribution in [0.25, 0.3) is 0 Å². The molecule has 2 nitrogen and oxygen atoms in total. The molecule has 0 saturated heterocycles. The second-order valence-corrected chi connectivity index (χ2v) is 5.64. The van der Waals surface area contributed by atoms with Gasteiger partial charge in [0.2, 0.25) is 0 Å². The molecular formula is C12H18ClNOS. The fraction of sp³-hybridized carbons (Fsp3) is 0.500. The summed E-state index contributed by atoms with van der Waals surface area (Å²) in [6, 6.07) is 5.88. The second-order valence-electron chi connectivity index (χ2n) is 3.81. The van der Waals surface area contributed by atoms with Crippen LogP contribution in [-0.4, -0.2) is 23.5 Å². The van der Waals surface area contributed by atoms with Crippen molar-refractivity contribution in [3.63, 3.8) is 0 Å². The monoisotopic (exact) mass is 259 g/mol. The lowest BCUT2D eigenvalue weighted by molar-refractivity contribution is 0.196. The number of benzene rings is 1. The van der Waals surface area contributed by atoms with Crippen LogP contribution in [0, 0.1) is 0 Å². The van der Waals surface area contributed by atoms with Crippen molar-refractivity contribution in [2.45, 2.75) is 36.6 Å². The molecule has 0 fully saturated rings. The molecule has 0 aliphatic heterocycles. The lowest BCUT2D eigenvalue weighted by Crippen LogP contribution is -2.16. The summed E-state index contributed by atoms with van der Waals surface area (Å²) < 4.78 is 0. The molecule has 16 heavy (non-hydrogen) atoms. The van der Waals surface area contributed by atoms with E-state index in [9.17, 15) is 5.11 Å². The van der Waals surface area contributed by atoms with Crippen LogP contribution in [0.15, 0.2) is 23.1 Å². The fourth-order valence-electron chi connectivity index (χ4n) is 1.30. The van der Waals surface area contributed by atoms with E-state index in [4.69, 9.17) is 11.6 Å². The van der Waals surface area contributed by atoms with Crippen molar-refractivity contribution in [3.05, 3.63) is 28.8 Å². The van der Waals surface area contributed by atoms with Gasteiger partial charge in [-0.2, -0.15) is 0 Å². The Labute approximate surface area is 106 Å². The molecule has 0 heterocycles. The van der Waals surface area contributed by atoms with Crippen LogP contribution in [0.5, 0.6) is 0 Å². The average Bonchev–Trinajstić information content (AvgIpc) is 2.23. The topological polar surface area (TPSA) is 32.3 Å². The molecular weight excluding hydrogens is 242 g/mol. The molecule has 0 radical (unpaired) electrons. The van der Waals surface area contributed by atoms with Crippen LogP contribution in [-0.2, 0) is 6.54 Å². The molecule has 4 heteroatoms. The molecule has 0 aliphatic rings. The summed E-state index contributed by atoms with van der Waals surface area (Å²) in [7, 11) is 1.90. The zero-order valence-electron chi connectivity index (χ0n) is 9.83. The zero-order valence-corrected chi connectivity index (χ0v) is 11.4. The Kier molecular flexibility index (Phi) is 5.62. The summed E-state index contributed by atoms with van der Waals surface area (Å²) in [5.41, 5.74) is 1.10. The number of aliphatic hydroxyl groups is 1. The molecule has 2 unspecified atom stereocenters. The summed E-state index contributed by atoms with van der Waals surface area (Å²) in [5, 5.41) is 13.5. The predicted molar refractivity (Wildman–Crippen MR) is 71.2 cm³/mol. The van der Waals surface area contributed by atoms with Crippen molar-refractivity contribution < 1.29 is 5.11 Å². The van der Waals surface area contributed by atoms with E-state index in [1.54, 1.807) is 18.7 Å². The minimum absolute atomic E-state index is 0.161. The molecule has 0 amide bonds. The van der Waals surface area contributed by atoms with Crippen LogP contribution >= 0.6 is 23.4 Å². The van der Waals surface area contributed by atoms with Gasteiger partial charge in [0.25, 0.3) is 0 Å². The van der Waals surface area contributed by atoms with Crippen LogP contribution < -0.4 is 5.32 Å². The van der Waals surface area contributed by atoms with Gasteiger partial charge in [-0.25, -0.2) is 0 Å². The van der Waals surface area contributed by atoms with Crippen LogP contribution in [0.2, 0.25) is 5.02 Å². The summed E-state index contributed by atoms with van der Waals surface area (Å²) >= 11 is 7.81. The molecule has 1 rings (SSSR count). The number of nitrogens with one attached hydrogen (secondary N) is 1. The molecule has 0 aliphatic carbocycles. The minimum Gasteiger partial charge on any atom is -0.392 e. The third kappa shape index (κ3) is 3.67. The fourth-order valence-corrected chi connectivity index (χ4v) is 2.67. The maximum Gasteiger partial charge on any atom is 0.0631 e. The second kappa shape index (κ2) is 6.50. The first kappa shape index (κ1) is 13.8. The van der Waals surface area contributed by atoms with Crippen LogP contribution in [0.4, 0.5) is 0 Å². The number of aliphatic hydroxyl groups excluding tert-OH is 1. The summed E-state index contributed by atoms with van der Waals surface area (Å²) in [6.45, 7) is 4.56. The van der Waals surface area contributed by atoms with Gasteiger partial charge in [0.1, 0.15) is 0 Å². The first-order chi connectivity index (χ1) is 7.56. The Morgan fingerprint density at radius 1 is 1.44 bits per heavy atom. The highest BCUT2D eigenvalue weighted by molar-refractivity contribution is 8.00. The van der Waals surface area contributed by atoms with E-state index < -0.39 is 0 Å². The van der Waals surface area contributed by atoms with Crippen molar-refractivity contribution >= 4 is 23.4 Å². The number of hydrogen-bond acceptors (Lipinski definition) is 3. The predicted octanol–water partition coefficient (Wildman–Crippen LogP) is 2.92. The molecule has 0 saturated carbocycles. The van der Waals surface area contributed by atoms with E-state index in [-0.39, 0.29) is 11.4 Å². The van der Waals surface area contributed by atoms with Crippen LogP contribution in [0.1, 0.15) is 19.4 Å². The molecule has 0 bridgehead atoms. The zero-order chi connectivity index (χ0) is 12.1. The molecule has 1 aromatic carbocycles. The number of rotatable bonds is 5. The molecule has 0 spiro atoms. The summed E-state index contributed by atoms with van der Waals surface area (Å²) in [4.78, 5) is 1.13. The van der Waals surface area contributed by atoms with Gasteiger partial charge < -0.3 is 10.4 Å². The number of thioether (sulfide) groups is 1. The lowest BCUT2D eigenvalue weighted by Gasteiger charge is -2.17. The van der Waals surface area contributed by atoms with E-state index in [1.165, 1.54) is 0 Å². The van der Waals surface area contributed by atoms with Gasteiger partial charge in [0.05, 0.1) is 6.10 Å². The van der Waals surface area contributed by atoms with Gasteiger partial charge in [-0.05, 0) is 31.7 Å². The largest absolute Gasteiger partial charge is 0.392 e. The van der Waals surface area contributed by atoms with Gasteiger partial charge in [-0.3, -0.25) is 0 Å². The van der Waals surface area contributed by atoms with Crippen LogP contribution in [0.3, 0.4) is 0 Å². The summed E-state index contributed by atoms with van der Waals surface area (Å²) in [5.74, 6) is 0. The third-order valence-corrected chi connectivity index (χ3v) is 4.18. The van der Waals surface area contributed by atoms with E-state index in [0.717, 1.165) is 22.0 Å². The maximum absolute atomic E-state index is 9.50. The Bertz CT molecular complexity index is 344. The molecule has 0 aromatic heterocycles. The average molecular weight is 260 g/mol. The van der Waals surface area contributed by atoms with Gasteiger partial charge in [0.15, 0.2) is 0 Å². The smallest absolute Gasteiger partial charge is 0.0631 e. The van der Waals surface area contributed by atoms with E-state index >= 15 is 0 Å². The summed E-state index contributed by atoms with van der Waals surface area (Å²) in [6.07, 6.45) is -0.327. The van der Waals surface area contributed by atoms with Crippen molar-refractivity contribution in [2.24, 2.45) is 0 Å². The van der Waals surface area contributed by atoms with E-state index in [2.05, 4.69) is 5.32 Å². The Morgan fingerprint density at radius 2 is 2.12 bits per heavy atom. The first-order valence-corrected chi connectivity index (χ1v) is 6.58. The SMILES string of the molecule is CNCc1c(Cl)cccc1SC(C)C(C)O. The Balaban J connectivity index is 2.90. The van der Waals surface area contributed by atoms with Gasteiger partial charge in [-0.1, -0.05) is 24.6 Å². The maximum atomic E-state index is 9.50. The van der Waals surface area contributed by atoms with Crippen molar-refractivity contribution in [2.75, 3.05) is 7.05 Å². The van der Waals surface area contributed by atoms with E-state index in [0.29, 0.717) is 0 Å². The standard InChI is InChI=1S/C12H18ClNOS/c1-8(15)9(2)16-12-6-4-5-11(13)10(12)7-14-3/h4-6,8-9,14-15H,7H2,1-3H3. The number of halogens is 1. The molecule has 2 N–H and O–H groups in total. The Hall–Kier alpha value is -0.220. The quantitative estimate of drug-likeness (QED) is 0.798. The Morgan fingerprint density at radius 3 is 2.69 bits per heavy atom. The lowest BCUT2D eigenvalue weighted by atomic mass is 10.2. The third-order valence-electron chi connectivity index (χ3n) is 2.42. The van der Waals surface area contributed by atoms with Gasteiger partial charge in [-0.15, -0.1) is 11.8 Å². The van der Waals surface area contributed by atoms with Crippen molar-refractivity contribution in [1.82, 2.24) is 5.32 Å². The van der Waals surface area contributed by atoms with Gasteiger partial charge in [0, 0.05) is 21.7 Å². The highest BCUT2D eigenvalue weighted by Gasteiger charge is 2.14. The normalized spacial score (nSPS) is 14.8. The van der Waals surface area contributed by atoms with Crippen molar-refractivity contribution in [1.29, 1.82) is 0 Å². The highest BCUT2D eigenvalue weighted by atomic mass is 35.5. The number of hydrogen-bond donors (Lipinski definition) is 2. The molecule has 90 valence electrons. The molecule has 2 atom stereocenters. The van der Waals surface area contributed by atoms with E-state index in [1.807, 2.05) is 32.2 Å². The van der Waals surface area contributed by atoms with Crippen molar-refractivity contribution in [3.8, 4) is 0 Å². The first-order valence-electron chi connectivity index (χ1n) is 5.33. The minimum atomic E-state index is -0.327. The highest BCUT2D eigenvalue weighted by Crippen LogP contribution is 2.32. The molecule has 1 aromatic rings. The van der Waals surface area contributed by atoms with Gasteiger partial charge >= 0.3 is 0 Å².